The molecule has 2 bridgehead atoms. The zero-order valence-electron chi connectivity index (χ0n) is 16.8. The Morgan fingerprint density at radius 2 is 1.93 bits per heavy atom. The monoisotopic (exact) mass is 372 g/mol. The Bertz CT molecular complexity index is 895. The van der Waals surface area contributed by atoms with Crippen LogP contribution in [0.4, 0.5) is 0 Å². The van der Waals surface area contributed by atoms with Crippen LogP contribution >= 0.6 is 0 Å². The molecule has 2 aromatic rings. The summed E-state index contributed by atoms with van der Waals surface area (Å²) in [6.07, 6.45) is 5.89. The van der Waals surface area contributed by atoms with E-state index in [4.69, 9.17) is 4.74 Å². The lowest BCUT2D eigenvalue weighted by Crippen LogP contribution is -2.37. The van der Waals surface area contributed by atoms with E-state index in [1.165, 1.54) is 24.0 Å². The number of nitriles is 1. The molecule has 0 amide bonds. The summed E-state index contributed by atoms with van der Waals surface area (Å²) in [5.74, 6) is 1.19. The zero-order chi connectivity index (χ0) is 19.5. The Morgan fingerprint density at radius 3 is 2.64 bits per heavy atom. The van der Waals surface area contributed by atoms with Crippen LogP contribution in [0.1, 0.15) is 49.8 Å². The van der Waals surface area contributed by atoms with E-state index in [1.807, 2.05) is 12.1 Å². The van der Waals surface area contributed by atoms with Crippen LogP contribution in [0, 0.1) is 17.2 Å². The third-order valence-corrected chi connectivity index (χ3v) is 5.79. The highest BCUT2D eigenvalue weighted by molar-refractivity contribution is 5.75. The van der Waals surface area contributed by atoms with Crippen LogP contribution in [0.5, 0.6) is 5.75 Å². The van der Waals surface area contributed by atoms with Gasteiger partial charge in [0.1, 0.15) is 11.8 Å². The second-order valence-electron chi connectivity index (χ2n) is 8.35. The summed E-state index contributed by atoms with van der Waals surface area (Å²) in [4.78, 5) is 2.64. The van der Waals surface area contributed by atoms with Crippen molar-refractivity contribution in [2.24, 2.45) is 5.92 Å². The first-order valence-electron chi connectivity index (χ1n) is 10.3. The molecule has 3 nitrogen and oxygen atoms in total. The molecule has 0 saturated carbocycles. The first kappa shape index (κ1) is 18.8. The largest absolute Gasteiger partial charge is 0.491 e. The van der Waals surface area contributed by atoms with Gasteiger partial charge in [-0.3, -0.25) is 4.90 Å². The van der Waals surface area contributed by atoms with Gasteiger partial charge in [-0.1, -0.05) is 62.4 Å². The van der Waals surface area contributed by atoms with Gasteiger partial charge in [-0.2, -0.15) is 5.26 Å². The van der Waals surface area contributed by atoms with Gasteiger partial charge < -0.3 is 4.74 Å². The molecule has 1 saturated heterocycles. The highest BCUT2D eigenvalue weighted by atomic mass is 16.5. The number of benzene rings is 2. The first-order chi connectivity index (χ1) is 13.7. The number of para-hydroxylation sites is 1. The van der Waals surface area contributed by atoms with Crippen molar-refractivity contribution in [3.05, 3.63) is 71.3 Å². The minimum Gasteiger partial charge on any atom is -0.491 e. The van der Waals surface area contributed by atoms with Crippen LogP contribution in [0.25, 0.3) is 5.57 Å². The highest BCUT2D eigenvalue weighted by Gasteiger charge is 2.37. The van der Waals surface area contributed by atoms with Crippen LogP contribution in [-0.2, 0) is 6.54 Å². The second-order valence-corrected chi connectivity index (χ2v) is 8.35. The molecule has 0 aromatic heterocycles. The van der Waals surface area contributed by atoms with Gasteiger partial charge in [0.25, 0.3) is 0 Å². The van der Waals surface area contributed by atoms with Crippen molar-refractivity contribution in [3.63, 3.8) is 0 Å². The zero-order valence-corrected chi connectivity index (χ0v) is 16.8. The molecule has 2 aliphatic heterocycles. The SMILES string of the molecule is CC(C)COc1c(C#N)cccc1C1=C[C@H]2CC[C@@H](C1)N2Cc1ccccc1. The Balaban J connectivity index is 1.61. The Morgan fingerprint density at radius 1 is 1.11 bits per heavy atom. The fourth-order valence-corrected chi connectivity index (χ4v) is 4.44. The minimum atomic E-state index is 0.428. The summed E-state index contributed by atoms with van der Waals surface area (Å²) in [5.41, 5.74) is 4.46. The van der Waals surface area contributed by atoms with E-state index in [0.29, 0.717) is 30.2 Å². The molecule has 1 fully saturated rings. The topological polar surface area (TPSA) is 36.3 Å². The van der Waals surface area contributed by atoms with Gasteiger partial charge in [0, 0.05) is 24.2 Å². The van der Waals surface area contributed by atoms with E-state index >= 15 is 0 Å². The van der Waals surface area contributed by atoms with Crippen molar-refractivity contribution in [1.82, 2.24) is 4.90 Å². The fourth-order valence-electron chi connectivity index (χ4n) is 4.44. The van der Waals surface area contributed by atoms with Crippen LogP contribution < -0.4 is 4.74 Å². The molecule has 0 unspecified atom stereocenters. The van der Waals surface area contributed by atoms with Crippen molar-refractivity contribution in [1.29, 1.82) is 5.26 Å². The molecular weight excluding hydrogens is 344 g/mol. The molecule has 2 aliphatic rings. The van der Waals surface area contributed by atoms with E-state index in [0.717, 1.165) is 24.3 Å². The van der Waals surface area contributed by atoms with Crippen molar-refractivity contribution < 1.29 is 4.74 Å². The van der Waals surface area contributed by atoms with Crippen molar-refractivity contribution >= 4 is 5.57 Å². The lowest BCUT2D eigenvalue weighted by atomic mass is 9.92. The average Bonchev–Trinajstić information content (AvgIpc) is 2.94. The lowest BCUT2D eigenvalue weighted by molar-refractivity contribution is 0.203. The quantitative estimate of drug-likeness (QED) is 0.680. The maximum Gasteiger partial charge on any atom is 0.144 e. The number of hydrogen-bond donors (Lipinski definition) is 0. The Hall–Kier alpha value is -2.57. The molecule has 28 heavy (non-hydrogen) atoms. The number of rotatable bonds is 6. The molecule has 0 radical (unpaired) electrons. The van der Waals surface area contributed by atoms with Crippen LogP contribution in [0.3, 0.4) is 0 Å². The number of fused-ring (bicyclic) bond motifs is 2. The number of ether oxygens (including phenoxy) is 1. The number of nitrogens with zero attached hydrogens (tertiary/aromatic N) is 2. The molecular formula is C25H28N2O. The summed E-state index contributed by atoms with van der Waals surface area (Å²) >= 11 is 0. The summed E-state index contributed by atoms with van der Waals surface area (Å²) in [6, 6.07) is 20.1. The summed E-state index contributed by atoms with van der Waals surface area (Å²) in [7, 11) is 0. The van der Waals surface area contributed by atoms with Gasteiger partial charge in [-0.05, 0) is 42.4 Å². The highest BCUT2D eigenvalue weighted by Crippen LogP contribution is 2.42. The summed E-state index contributed by atoms with van der Waals surface area (Å²) in [5, 5.41) is 9.57. The summed E-state index contributed by atoms with van der Waals surface area (Å²) in [6.45, 7) is 5.91. The molecule has 0 aliphatic carbocycles. The third kappa shape index (κ3) is 3.84. The van der Waals surface area contributed by atoms with Crippen LogP contribution in [0.2, 0.25) is 0 Å². The molecule has 0 spiro atoms. The maximum atomic E-state index is 9.57. The van der Waals surface area contributed by atoms with E-state index in [1.54, 1.807) is 0 Å². The Kier molecular flexibility index (Phi) is 5.50. The van der Waals surface area contributed by atoms with Crippen molar-refractivity contribution in [2.75, 3.05) is 6.61 Å². The van der Waals surface area contributed by atoms with Gasteiger partial charge in [-0.15, -0.1) is 0 Å². The minimum absolute atomic E-state index is 0.428. The van der Waals surface area contributed by atoms with Crippen molar-refractivity contribution in [2.45, 2.75) is 51.7 Å². The molecule has 2 aromatic carbocycles. The number of hydrogen-bond acceptors (Lipinski definition) is 3. The standard InChI is InChI=1S/C25H28N2O/c1-18(2)17-28-25-20(15-26)9-6-10-24(25)21-13-22-11-12-23(14-21)27(22)16-19-7-4-3-5-8-19/h3-10,13,18,22-23H,11-12,14,16-17H2,1-2H3/t22-,23+/m1/s1. The van der Waals surface area contributed by atoms with E-state index in [9.17, 15) is 5.26 Å². The Labute approximate surface area is 168 Å². The molecule has 0 N–H and O–H groups in total. The van der Waals surface area contributed by atoms with Gasteiger partial charge in [0.05, 0.1) is 12.2 Å². The van der Waals surface area contributed by atoms with Crippen LogP contribution in [0.15, 0.2) is 54.6 Å². The normalized spacial score (nSPS) is 21.4. The molecule has 144 valence electrons. The van der Waals surface area contributed by atoms with Crippen molar-refractivity contribution in [3.8, 4) is 11.8 Å². The van der Waals surface area contributed by atoms with Crippen LogP contribution in [-0.4, -0.2) is 23.6 Å². The average molecular weight is 373 g/mol. The molecule has 3 heteroatoms. The predicted molar refractivity (Wildman–Crippen MR) is 113 cm³/mol. The van der Waals surface area contributed by atoms with E-state index in [2.05, 4.69) is 67.3 Å². The predicted octanol–water partition coefficient (Wildman–Crippen LogP) is 5.41. The van der Waals surface area contributed by atoms with E-state index in [-0.39, 0.29) is 0 Å². The van der Waals surface area contributed by atoms with Gasteiger partial charge in [0.15, 0.2) is 0 Å². The molecule has 4 rings (SSSR count). The molecule has 2 heterocycles. The molecule has 2 atom stereocenters. The fraction of sp³-hybridized carbons (Fsp3) is 0.400. The third-order valence-electron chi connectivity index (χ3n) is 5.79. The smallest absolute Gasteiger partial charge is 0.144 e. The second kappa shape index (κ2) is 8.20. The lowest BCUT2D eigenvalue weighted by Gasteiger charge is -2.34. The van der Waals surface area contributed by atoms with Gasteiger partial charge in [0.2, 0.25) is 0 Å². The summed E-state index contributed by atoms with van der Waals surface area (Å²) < 4.78 is 6.11. The van der Waals surface area contributed by atoms with Gasteiger partial charge in [-0.25, -0.2) is 0 Å². The van der Waals surface area contributed by atoms with Gasteiger partial charge >= 0.3 is 0 Å². The van der Waals surface area contributed by atoms with E-state index < -0.39 is 0 Å². The first-order valence-corrected chi connectivity index (χ1v) is 10.3. The maximum absolute atomic E-state index is 9.57.